The second-order valence-electron chi connectivity index (χ2n) is 5.40. The van der Waals surface area contributed by atoms with E-state index in [-0.39, 0.29) is 6.03 Å². The minimum absolute atomic E-state index is 0.245. The van der Waals surface area contributed by atoms with Gasteiger partial charge < -0.3 is 20.1 Å². The molecule has 0 unspecified atom stereocenters. The fourth-order valence-corrected chi connectivity index (χ4v) is 2.39. The number of anilines is 1. The van der Waals surface area contributed by atoms with Gasteiger partial charge in [0.15, 0.2) is 0 Å². The Morgan fingerprint density at radius 2 is 1.88 bits per heavy atom. The minimum atomic E-state index is -0.245. The van der Waals surface area contributed by atoms with Crippen molar-refractivity contribution in [2.45, 2.75) is 27.0 Å². The first-order valence-electron chi connectivity index (χ1n) is 7.98. The van der Waals surface area contributed by atoms with E-state index in [9.17, 15) is 4.79 Å². The summed E-state index contributed by atoms with van der Waals surface area (Å²) in [5.74, 6) is 0.797. The molecule has 0 heterocycles. The maximum absolute atomic E-state index is 12.1. The van der Waals surface area contributed by atoms with Crippen molar-refractivity contribution in [3.63, 3.8) is 0 Å². The van der Waals surface area contributed by atoms with Crippen LogP contribution in [0.1, 0.15) is 23.6 Å². The predicted octanol–water partition coefficient (Wildman–Crippen LogP) is 3.86. The molecule has 0 spiro atoms. The summed E-state index contributed by atoms with van der Waals surface area (Å²) in [4.78, 5) is 12.1. The smallest absolute Gasteiger partial charge is 0.319 e. The predicted molar refractivity (Wildman–Crippen MR) is 95.4 cm³/mol. The standard InChI is InChI=1S/C19H24N2O3/c1-4-24-13-16-8-6-5-7-15(16)12-20-19(22)21-17-9-10-18(23-3)14(2)11-17/h5-11H,4,12-13H2,1-3H3,(H2,20,21,22). The SMILES string of the molecule is CCOCc1ccccc1CNC(=O)Nc1ccc(OC)c(C)c1. The Hall–Kier alpha value is -2.53. The highest BCUT2D eigenvalue weighted by Gasteiger charge is 2.06. The largest absolute Gasteiger partial charge is 0.496 e. The van der Waals surface area contributed by atoms with Crippen molar-refractivity contribution >= 4 is 11.7 Å². The third-order valence-corrected chi connectivity index (χ3v) is 3.67. The number of nitrogens with one attached hydrogen (secondary N) is 2. The van der Waals surface area contributed by atoms with Gasteiger partial charge in [-0.15, -0.1) is 0 Å². The molecule has 5 heteroatoms. The van der Waals surface area contributed by atoms with Gasteiger partial charge in [0.25, 0.3) is 0 Å². The lowest BCUT2D eigenvalue weighted by molar-refractivity contribution is 0.133. The molecule has 2 aromatic carbocycles. The average molecular weight is 328 g/mol. The number of rotatable bonds is 7. The molecule has 0 radical (unpaired) electrons. The molecule has 0 aliphatic heterocycles. The summed E-state index contributed by atoms with van der Waals surface area (Å²) in [6.07, 6.45) is 0. The minimum Gasteiger partial charge on any atom is -0.496 e. The number of benzene rings is 2. The first-order valence-corrected chi connectivity index (χ1v) is 7.98. The summed E-state index contributed by atoms with van der Waals surface area (Å²) >= 11 is 0. The van der Waals surface area contributed by atoms with Crippen molar-refractivity contribution in [3.8, 4) is 5.75 Å². The summed E-state index contributed by atoms with van der Waals surface area (Å²) in [5, 5.41) is 5.71. The number of aryl methyl sites for hydroxylation is 1. The van der Waals surface area contributed by atoms with Gasteiger partial charge in [-0.3, -0.25) is 0 Å². The van der Waals surface area contributed by atoms with Crippen LogP contribution in [0.4, 0.5) is 10.5 Å². The third kappa shape index (κ3) is 4.99. The first-order chi connectivity index (χ1) is 11.6. The number of amides is 2. The highest BCUT2D eigenvalue weighted by atomic mass is 16.5. The summed E-state index contributed by atoms with van der Waals surface area (Å²) in [5.41, 5.74) is 3.83. The Balaban J connectivity index is 1.93. The van der Waals surface area contributed by atoms with E-state index in [1.54, 1.807) is 7.11 Å². The average Bonchev–Trinajstić information content (AvgIpc) is 2.59. The first kappa shape index (κ1) is 17.8. The van der Waals surface area contributed by atoms with E-state index in [0.29, 0.717) is 19.8 Å². The van der Waals surface area contributed by atoms with Crippen LogP contribution in [0.15, 0.2) is 42.5 Å². The van der Waals surface area contributed by atoms with E-state index in [1.807, 2.05) is 56.3 Å². The van der Waals surface area contributed by atoms with Crippen LogP contribution in [0.5, 0.6) is 5.75 Å². The molecule has 2 amide bonds. The molecule has 5 nitrogen and oxygen atoms in total. The molecule has 0 aliphatic carbocycles. The fourth-order valence-electron chi connectivity index (χ4n) is 2.39. The van der Waals surface area contributed by atoms with Crippen molar-refractivity contribution in [1.29, 1.82) is 0 Å². The van der Waals surface area contributed by atoms with E-state index < -0.39 is 0 Å². The number of methoxy groups -OCH3 is 1. The van der Waals surface area contributed by atoms with Crippen molar-refractivity contribution < 1.29 is 14.3 Å². The van der Waals surface area contributed by atoms with E-state index in [2.05, 4.69) is 10.6 Å². The molecule has 0 aromatic heterocycles. The van der Waals surface area contributed by atoms with Gasteiger partial charge in [0, 0.05) is 18.8 Å². The van der Waals surface area contributed by atoms with E-state index in [4.69, 9.17) is 9.47 Å². The molecule has 0 bridgehead atoms. The zero-order valence-corrected chi connectivity index (χ0v) is 14.4. The number of hydrogen-bond acceptors (Lipinski definition) is 3. The van der Waals surface area contributed by atoms with Gasteiger partial charge in [0.05, 0.1) is 13.7 Å². The van der Waals surface area contributed by atoms with Crippen LogP contribution >= 0.6 is 0 Å². The number of urea groups is 1. The number of hydrogen-bond donors (Lipinski definition) is 2. The molecule has 0 aliphatic rings. The van der Waals surface area contributed by atoms with Crippen molar-refractivity contribution in [1.82, 2.24) is 5.32 Å². The van der Waals surface area contributed by atoms with E-state index >= 15 is 0 Å². The number of carbonyl (C=O) groups is 1. The lowest BCUT2D eigenvalue weighted by Crippen LogP contribution is -2.28. The van der Waals surface area contributed by atoms with Crippen LogP contribution in [0.3, 0.4) is 0 Å². The van der Waals surface area contributed by atoms with Gasteiger partial charge >= 0.3 is 6.03 Å². The molecular formula is C19H24N2O3. The van der Waals surface area contributed by atoms with Gasteiger partial charge in [-0.2, -0.15) is 0 Å². The summed E-state index contributed by atoms with van der Waals surface area (Å²) < 4.78 is 10.7. The topological polar surface area (TPSA) is 59.6 Å². The van der Waals surface area contributed by atoms with Crippen LogP contribution in [-0.4, -0.2) is 19.7 Å². The van der Waals surface area contributed by atoms with E-state index in [0.717, 1.165) is 28.1 Å². The Bertz CT molecular complexity index is 686. The Kier molecular flexibility index (Phi) is 6.63. The van der Waals surface area contributed by atoms with Crippen LogP contribution in [0.2, 0.25) is 0 Å². The molecule has 2 rings (SSSR count). The normalized spacial score (nSPS) is 10.3. The van der Waals surface area contributed by atoms with Crippen molar-refractivity contribution in [2.24, 2.45) is 0 Å². The highest BCUT2D eigenvalue weighted by molar-refractivity contribution is 5.89. The van der Waals surface area contributed by atoms with Gasteiger partial charge in [0.2, 0.25) is 0 Å². The second-order valence-corrected chi connectivity index (χ2v) is 5.40. The maximum Gasteiger partial charge on any atom is 0.319 e. The quantitative estimate of drug-likeness (QED) is 0.811. The molecule has 2 N–H and O–H groups in total. The van der Waals surface area contributed by atoms with Gasteiger partial charge in [-0.25, -0.2) is 4.79 Å². The molecule has 0 saturated carbocycles. The highest BCUT2D eigenvalue weighted by Crippen LogP contribution is 2.21. The lowest BCUT2D eigenvalue weighted by atomic mass is 10.1. The monoisotopic (exact) mass is 328 g/mol. The molecule has 0 fully saturated rings. The number of ether oxygens (including phenoxy) is 2. The van der Waals surface area contributed by atoms with Crippen LogP contribution in [-0.2, 0) is 17.9 Å². The Labute approximate surface area is 143 Å². The zero-order chi connectivity index (χ0) is 17.4. The van der Waals surface area contributed by atoms with Crippen LogP contribution in [0.25, 0.3) is 0 Å². The molecule has 2 aromatic rings. The molecule has 128 valence electrons. The van der Waals surface area contributed by atoms with Gasteiger partial charge in [0.1, 0.15) is 5.75 Å². The third-order valence-electron chi connectivity index (χ3n) is 3.67. The second kappa shape index (κ2) is 8.93. The Morgan fingerprint density at radius 3 is 2.54 bits per heavy atom. The maximum atomic E-state index is 12.1. The van der Waals surface area contributed by atoms with Gasteiger partial charge in [-0.05, 0) is 48.7 Å². The molecular weight excluding hydrogens is 304 g/mol. The number of carbonyl (C=O) groups excluding carboxylic acids is 1. The van der Waals surface area contributed by atoms with E-state index in [1.165, 1.54) is 0 Å². The lowest BCUT2D eigenvalue weighted by Gasteiger charge is -2.12. The molecule has 0 atom stereocenters. The van der Waals surface area contributed by atoms with Crippen molar-refractivity contribution in [2.75, 3.05) is 19.0 Å². The summed E-state index contributed by atoms with van der Waals surface area (Å²) in [6, 6.07) is 13.2. The van der Waals surface area contributed by atoms with Crippen molar-refractivity contribution in [3.05, 3.63) is 59.2 Å². The zero-order valence-electron chi connectivity index (χ0n) is 14.4. The summed E-state index contributed by atoms with van der Waals surface area (Å²) in [6.45, 7) is 5.56. The fraction of sp³-hybridized carbons (Fsp3) is 0.316. The van der Waals surface area contributed by atoms with Crippen LogP contribution < -0.4 is 15.4 Å². The summed E-state index contributed by atoms with van der Waals surface area (Å²) in [7, 11) is 1.63. The van der Waals surface area contributed by atoms with Gasteiger partial charge in [-0.1, -0.05) is 24.3 Å². The molecule has 24 heavy (non-hydrogen) atoms. The Morgan fingerprint density at radius 1 is 1.12 bits per heavy atom. The van der Waals surface area contributed by atoms with Crippen LogP contribution in [0, 0.1) is 6.92 Å². The molecule has 0 saturated heterocycles.